The maximum absolute atomic E-state index is 13.1. The summed E-state index contributed by atoms with van der Waals surface area (Å²) in [6.45, 7) is 0. The first kappa shape index (κ1) is 12.7. The lowest BCUT2D eigenvalue weighted by atomic mass is 10.1. The normalized spacial score (nSPS) is 14.0. The molecule has 78 valence electrons. The van der Waals surface area contributed by atoms with Crippen LogP contribution in [-0.4, -0.2) is 8.31 Å². The molecule has 0 aromatic heterocycles. The van der Waals surface area contributed by atoms with Crippen LogP contribution in [0.15, 0.2) is 30.3 Å². The summed E-state index contributed by atoms with van der Waals surface area (Å²) in [5.74, 6) is 0. The van der Waals surface area contributed by atoms with Gasteiger partial charge >= 0.3 is 0 Å². The smallest absolute Gasteiger partial charge is 0.219 e. The number of alkyl halides is 4. The van der Waals surface area contributed by atoms with Gasteiger partial charge in [0.2, 0.25) is 3.49 Å². The lowest BCUT2D eigenvalue weighted by Crippen LogP contribution is -2.13. The van der Waals surface area contributed by atoms with Crippen molar-refractivity contribution in [3.63, 3.8) is 0 Å². The molecule has 0 N–H and O–H groups in total. The SMILES string of the molecule is FC(Br)(Br)CC(Br)Cc1ccccc1. The highest BCUT2D eigenvalue weighted by atomic mass is 79.9. The zero-order valence-electron chi connectivity index (χ0n) is 7.39. The van der Waals surface area contributed by atoms with Gasteiger partial charge in [0.25, 0.3) is 0 Å². The Morgan fingerprint density at radius 3 is 2.29 bits per heavy atom. The van der Waals surface area contributed by atoms with E-state index in [0.29, 0.717) is 6.42 Å². The topological polar surface area (TPSA) is 0 Å². The van der Waals surface area contributed by atoms with E-state index in [-0.39, 0.29) is 4.83 Å². The summed E-state index contributed by atoms with van der Waals surface area (Å²) in [6.07, 6.45) is 1.20. The Morgan fingerprint density at radius 2 is 1.79 bits per heavy atom. The Balaban J connectivity index is 2.46. The fraction of sp³-hybridized carbons (Fsp3) is 0.400. The van der Waals surface area contributed by atoms with E-state index >= 15 is 0 Å². The summed E-state index contributed by atoms with van der Waals surface area (Å²) in [4.78, 5) is 0.119. The van der Waals surface area contributed by atoms with Gasteiger partial charge in [-0.2, -0.15) is 0 Å². The highest BCUT2D eigenvalue weighted by Gasteiger charge is 2.24. The molecule has 0 aliphatic heterocycles. The minimum Gasteiger partial charge on any atom is -0.219 e. The second kappa shape index (κ2) is 5.61. The standard InChI is InChI=1S/C10H10Br3F/c11-9(7-10(12,13)14)6-8-4-2-1-3-5-8/h1-5,9H,6-7H2. The zero-order valence-corrected chi connectivity index (χ0v) is 12.1. The van der Waals surface area contributed by atoms with Crippen LogP contribution in [0, 0.1) is 0 Å². The molecule has 1 aromatic carbocycles. The monoisotopic (exact) mass is 386 g/mol. The molecule has 0 nitrogen and oxygen atoms in total. The van der Waals surface area contributed by atoms with Gasteiger partial charge in [-0.25, -0.2) is 4.39 Å². The van der Waals surface area contributed by atoms with Crippen LogP contribution >= 0.6 is 47.8 Å². The molecule has 0 bridgehead atoms. The van der Waals surface area contributed by atoms with Gasteiger partial charge in [-0.1, -0.05) is 46.3 Å². The highest BCUT2D eigenvalue weighted by molar-refractivity contribution is 9.25. The van der Waals surface area contributed by atoms with Crippen molar-refractivity contribution in [2.75, 3.05) is 0 Å². The van der Waals surface area contributed by atoms with Crippen LogP contribution in [0.3, 0.4) is 0 Å². The maximum Gasteiger partial charge on any atom is 0.220 e. The van der Waals surface area contributed by atoms with E-state index < -0.39 is 3.49 Å². The molecule has 0 saturated carbocycles. The molecule has 0 aliphatic rings. The van der Waals surface area contributed by atoms with Crippen LogP contribution in [-0.2, 0) is 6.42 Å². The molecule has 1 unspecified atom stereocenters. The predicted octanol–water partition coefficient (Wildman–Crippen LogP) is 4.80. The molecule has 0 saturated heterocycles. The van der Waals surface area contributed by atoms with Gasteiger partial charge in [0, 0.05) is 11.2 Å². The molecule has 1 atom stereocenters. The van der Waals surface area contributed by atoms with E-state index in [2.05, 4.69) is 47.8 Å². The van der Waals surface area contributed by atoms with Crippen molar-refractivity contribution >= 4 is 47.8 Å². The zero-order chi connectivity index (χ0) is 10.6. The van der Waals surface area contributed by atoms with Gasteiger partial charge in [-0.3, -0.25) is 0 Å². The molecule has 14 heavy (non-hydrogen) atoms. The summed E-state index contributed by atoms with van der Waals surface area (Å²) in [6, 6.07) is 10.0. The predicted molar refractivity (Wildman–Crippen MR) is 69.2 cm³/mol. The Bertz CT molecular complexity index is 268. The molecular formula is C10H10Br3F. The molecule has 0 radical (unpaired) electrons. The van der Waals surface area contributed by atoms with Crippen LogP contribution in [0.1, 0.15) is 12.0 Å². The second-order valence-electron chi connectivity index (χ2n) is 3.11. The van der Waals surface area contributed by atoms with Gasteiger partial charge in [0.1, 0.15) is 0 Å². The van der Waals surface area contributed by atoms with Crippen molar-refractivity contribution in [1.82, 2.24) is 0 Å². The van der Waals surface area contributed by atoms with Crippen LogP contribution in [0.4, 0.5) is 4.39 Å². The number of hydrogen-bond acceptors (Lipinski definition) is 0. The minimum atomic E-state index is -1.47. The Kier molecular flexibility index (Phi) is 5.08. The molecule has 4 heteroatoms. The first-order valence-corrected chi connectivity index (χ1v) is 6.72. The van der Waals surface area contributed by atoms with Gasteiger partial charge in [-0.05, 0) is 43.8 Å². The first-order chi connectivity index (χ1) is 6.47. The number of benzene rings is 1. The fourth-order valence-corrected chi connectivity index (χ4v) is 3.66. The van der Waals surface area contributed by atoms with E-state index in [1.54, 1.807) is 0 Å². The number of hydrogen-bond donors (Lipinski definition) is 0. The van der Waals surface area contributed by atoms with Gasteiger partial charge in [0.15, 0.2) is 0 Å². The Morgan fingerprint density at radius 1 is 1.21 bits per heavy atom. The number of rotatable bonds is 4. The summed E-state index contributed by atoms with van der Waals surface area (Å²) in [5.41, 5.74) is 1.21. The maximum atomic E-state index is 13.1. The second-order valence-corrected chi connectivity index (χ2v) is 7.98. The average molecular weight is 389 g/mol. The van der Waals surface area contributed by atoms with Crippen molar-refractivity contribution in [1.29, 1.82) is 0 Å². The van der Waals surface area contributed by atoms with E-state index in [1.807, 2.05) is 30.3 Å². The third kappa shape index (κ3) is 5.47. The summed E-state index contributed by atoms with van der Waals surface area (Å²) >= 11 is 9.28. The molecule has 1 aromatic rings. The molecule has 0 amide bonds. The molecule has 0 fully saturated rings. The van der Waals surface area contributed by atoms with Crippen molar-refractivity contribution in [3.05, 3.63) is 35.9 Å². The first-order valence-electron chi connectivity index (χ1n) is 4.22. The third-order valence-electron chi connectivity index (χ3n) is 1.75. The quantitative estimate of drug-likeness (QED) is 0.650. The van der Waals surface area contributed by atoms with E-state index in [4.69, 9.17) is 0 Å². The van der Waals surface area contributed by atoms with Crippen LogP contribution in [0.25, 0.3) is 0 Å². The lowest BCUT2D eigenvalue weighted by Gasteiger charge is -2.15. The van der Waals surface area contributed by atoms with Crippen molar-refractivity contribution in [3.8, 4) is 0 Å². The minimum absolute atomic E-state index is 0.119. The van der Waals surface area contributed by atoms with Crippen LogP contribution < -0.4 is 0 Å². The van der Waals surface area contributed by atoms with Crippen molar-refractivity contribution in [2.24, 2.45) is 0 Å². The highest BCUT2D eigenvalue weighted by Crippen LogP contribution is 2.35. The largest absolute Gasteiger partial charge is 0.220 e. The summed E-state index contributed by atoms with van der Waals surface area (Å²) in [5, 5.41) is 0. The Labute approximate surface area is 109 Å². The Hall–Kier alpha value is 0.590. The molecule has 1 rings (SSSR count). The van der Waals surface area contributed by atoms with E-state index in [0.717, 1.165) is 6.42 Å². The van der Waals surface area contributed by atoms with Crippen LogP contribution in [0.5, 0.6) is 0 Å². The summed E-state index contributed by atoms with van der Waals surface area (Å²) < 4.78 is 11.7. The van der Waals surface area contributed by atoms with Gasteiger partial charge in [-0.15, -0.1) is 0 Å². The van der Waals surface area contributed by atoms with Crippen LogP contribution in [0.2, 0.25) is 0 Å². The van der Waals surface area contributed by atoms with Gasteiger partial charge < -0.3 is 0 Å². The average Bonchev–Trinajstić information content (AvgIpc) is 2.02. The number of halogens is 4. The summed E-state index contributed by atoms with van der Waals surface area (Å²) in [7, 11) is 0. The van der Waals surface area contributed by atoms with Gasteiger partial charge in [0.05, 0.1) is 0 Å². The molecular weight excluding hydrogens is 379 g/mol. The fourth-order valence-electron chi connectivity index (χ4n) is 1.19. The molecule has 0 aliphatic carbocycles. The van der Waals surface area contributed by atoms with Crippen molar-refractivity contribution in [2.45, 2.75) is 21.2 Å². The van der Waals surface area contributed by atoms with Crippen molar-refractivity contribution < 1.29 is 4.39 Å². The molecule has 0 heterocycles. The lowest BCUT2D eigenvalue weighted by molar-refractivity contribution is 0.404. The third-order valence-corrected chi connectivity index (χ3v) is 3.05. The molecule has 0 spiro atoms. The van der Waals surface area contributed by atoms with E-state index in [9.17, 15) is 4.39 Å². The van der Waals surface area contributed by atoms with E-state index in [1.165, 1.54) is 5.56 Å².